The molecule has 1 amide bonds. The summed E-state index contributed by atoms with van der Waals surface area (Å²) in [4.78, 5) is 24.0. The second-order valence-electron chi connectivity index (χ2n) is 5.74. The van der Waals surface area contributed by atoms with E-state index in [9.17, 15) is 9.59 Å². The number of nitrogens with zero attached hydrogens (tertiary/aromatic N) is 1. The molecular formula is C19H24N2O6. The predicted molar refractivity (Wildman–Crippen MR) is 98.2 cm³/mol. The highest BCUT2D eigenvalue weighted by Gasteiger charge is 2.15. The standard InChI is InChI=1S/C19H24N2O6/c1-4-6-9-25-15-8-7-14(11-16(15)24-5-2)19(23)26-12-18(22)20-17-10-13(3)27-21-17/h7-8,10-11H,4-6,9,12H2,1-3H3,(H,20,21,22). The highest BCUT2D eigenvalue weighted by atomic mass is 16.5. The van der Waals surface area contributed by atoms with Gasteiger partial charge in [0.1, 0.15) is 5.76 Å². The van der Waals surface area contributed by atoms with Crippen molar-refractivity contribution in [1.29, 1.82) is 0 Å². The number of nitrogens with one attached hydrogen (secondary N) is 1. The third-order valence-corrected chi connectivity index (χ3v) is 3.46. The fourth-order valence-corrected chi connectivity index (χ4v) is 2.17. The summed E-state index contributed by atoms with van der Waals surface area (Å²) in [5.41, 5.74) is 0.270. The molecule has 1 aromatic carbocycles. The third-order valence-electron chi connectivity index (χ3n) is 3.46. The van der Waals surface area contributed by atoms with Gasteiger partial charge < -0.3 is 24.1 Å². The quantitative estimate of drug-likeness (QED) is 0.501. The van der Waals surface area contributed by atoms with Crippen molar-refractivity contribution >= 4 is 17.7 Å². The van der Waals surface area contributed by atoms with Gasteiger partial charge in [-0.2, -0.15) is 0 Å². The first-order valence-electron chi connectivity index (χ1n) is 8.83. The molecule has 0 radical (unpaired) electrons. The fourth-order valence-electron chi connectivity index (χ4n) is 2.17. The van der Waals surface area contributed by atoms with Crippen LogP contribution in [-0.2, 0) is 9.53 Å². The molecule has 0 atom stereocenters. The summed E-state index contributed by atoms with van der Waals surface area (Å²) >= 11 is 0. The van der Waals surface area contributed by atoms with Gasteiger partial charge in [0.05, 0.1) is 18.8 Å². The van der Waals surface area contributed by atoms with E-state index < -0.39 is 18.5 Å². The summed E-state index contributed by atoms with van der Waals surface area (Å²) < 4.78 is 21.1. The van der Waals surface area contributed by atoms with Crippen LogP contribution in [0, 0.1) is 6.92 Å². The number of benzene rings is 1. The number of carbonyl (C=O) groups is 2. The van der Waals surface area contributed by atoms with Gasteiger partial charge in [0.15, 0.2) is 23.9 Å². The zero-order valence-corrected chi connectivity index (χ0v) is 15.7. The Balaban J connectivity index is 1.94. The molecule has 0 fully saturated rings. The van der Waals surface area contributed by atoms with E-state index in [2.05, 4.69) is 17.4 Å². The van der Waals surface area contributed by atoms with Gasteiger partial charge in [-0.05, 0) is 38.5 Å². The lowest BCUT2D eigenvalue weighted by atomic mass is 10.2. The number of rotatable bonds is 10. The third kappa shape index (κ3) is 6.32. The molecule has 1 heterocycles. The Bertz CT molecular complexity index is 771. The summed E-state index contributed by atoms with van der Waals surface area (Å²) in [5, 5.41) is 6.11. The van der Waals surface area contributed by atoms with Crippen molar-refractivity contribution in [3.63, 3.8) is 0 Å². The van der Waals surface area contributed by atoms with Crippen LogP contribution in [0.25, 0.3) is 0 Å². The first kappa shape index (κ1) is 20.3. The number of unbranched alkanes of at least 4 members (excludes halogenated alkanes) is 1. The predicted octanol–water partition coefficient (Wildman–Crippen LogP) is 3.36. The largest absolute Gasteiger partial charge is 0.490 e. The molecule has 0 bridgehead atoms. The summed E-state index contributed by atoms with van der Waals surface area (Å²) in [6.07, 6.45) is 1.94. The number of anilines is 1. The number of esters is 1. The highest BCUT2D eigenvalue weighted by molar-refractivity contribution is 5.95. The lowest BCUT2D eigenvalue weighted by Crippen LogP contribution is -2.21. The van der Waals surface area contributed by atoms with Gasteiger partial charge in [0.25, 0.3) is 5.91 Å². The zero-order valence-electron chi connectivity index (χ0n) is 15.7. The van der Waals surface area contributed by atoms with Crippen molar-refractivity contribution in [3.05, 3.63) is 35.6 Å². The maximum Gasteiger partial charge on any atom is 0.338 e. The van der Waals surface area contributed by atoms with Crippen molar-refractivity contribution < 1.29 is 28.3 Å². The van der Waals surface area contributed by atoms with Gasteiger partial charge in [-0.1, -0.05) is 18.5 Å². The van der Waals surface area contributed by atoms with Crippen LogP contribution in [0.3, 0.4) is 0 Å². The Morgan fingerprint density at radius 2 is 1.96 bits per heavy atom. The minimum absolute atomic E-state index is 0.265. The molecule has 0 unspecified atom stereocenters. The minimum Gasteiger partial charge on any atom is -0.490 e. The van der Waals surface area contributed by atoms with Crippen molar-refractivity contribution in [2.45, 2.75) is 33.6 Å². The molecule has 1 aromatic heterocycles. The summed E-state index contributed by atoms with van der Waals surface area (Å²) in [7, 11) is 0. The maximum atomic E-state index is 12.2. The summed E-state index contributed by atoms with van der Waals surface area (Å²) in [6, 6.07) is 6.35. The van der Waals surface area contributed by atoms with Crippen LogP contribution in [0.15, 0.2) is 28.8 Å². The molecule has 146 valence electrons. The SMILES string of the molecule is CCCCOc1ccc(C(=O)OCC(=O)Nc2cc(C)on2)cc1OCC. The van der Waals surface area contributed by atoms with Crippen molar-refractivity contribution in [1.82, 2.24) is 5.16 Å². The maximum absolute atomic E-state index is 12.2. The fraction of sp³-hybridized carbons (Fsp3) is 0.421. The molecule has 2 rings (SSSR count). The van der Waals surface area contributed by atoms with Gasteiger partial charge in [-0.25, -0.2) is 4.79 Å². The molecule has 0 aliphatic heterocycles. The minimum atomic E-state index is -0.637. The van der Waals surface area contributed by atoms with Gasteiger partial charge in [0, 0.05) is 6.07 Å². The normalized spacial score (nSPS) is 10.3. The number of aromatic nitrogens is 1. The zero-order chi connectivity index (χ0) is 19.6. The molecule has 0 saturated carbocycles. The van der Waals surface area contributed by atoms with Gasteiger partial charge in [-0.15, -0.1) is 0 Å². The molecule has 27 heavy (non-hydrogen) atoms. The van der Waals surface area contributed by atoms with Crippen LogP contribution >= 0.6 is 0 Å². The lowest BCUT2D eigenvalue weighted by Gasteiger charge is -2.13. The number of hydrogen-bond donors (Lipinski definition) is 1. The number of hydrogen-bond acceptors (Lipinski definition) is 7. The van der Waals surface area contributed by atoms with Crippen molar-refractivity contribution in [3.8, 4) is 11.5 Å². The van der Waals surface area contributed by atoms with Crippen LogP contribution in [0.4, 0.5) is 5.82 Å². The van der Waals surface area contributed by atoms with E-state index >= 15 is 0 Å². The van der Waals surface area contributed by atoms with Crippen LogP contribution in [0.2, 0.25) is 0 Å². The van der Waals surface area contributed by atoms with E-state index in [1.54, 1.807) is 31.2 Å². The van der Waals surface area contributed by atoms with E-state index in [-0.39, 0.29) is 11.4 Å². The monoisotopic (exact) mass is 376 g/mol. The van der Waals surface area contributed by atoms with Crippen LogP contribution < -0.4 is 14.8 Å². The second-order valence-corrected chi connectivity index (χ2v) is 5.74. The molecule has 8 nitrogen and oxygen atoms in total. The number of amides is 1. The Morgan fingerprint density at radius 3 is 2.63 bits per heavy atom. The number of ether oxygens (including phenoxy) is 3. The average Bonchev–Trinajstić information content (AvgIpc) is 3.06. The Kier molecular flexibility index (Phi) is 7.66. The Morgan fingerprint density at radius 1 is 1.15 bits per heavy atom. The second kappa shape index (κ2) is 10.2. The Hall–Kier alpha value is -3.03. The van der Waals surface area contributed by atoms with Crippen molar-refractivity contribution in [2.75, 3.05) is 25.1 Å². The highest BCUT2D eigenvalue weighted by Crippen LogP contribution is 2.29. The van der Waals surface area contributed by atoms with Crippen LogP contribution in [0.5, 0.6) is 11.5 Å². The molecule has 8 heteroatoms. The van der Waals surface area contributed by atoms with Gasteiger partial charge in [-0.3, -0.25) is 4.79 Å². The molecule has 0 aliphatic carbocycles. The molecular weight excluding hydrogens is 352 g/mol. The van der Waals surface area contributed by atoms with Crippen molar-refractivity contribution in [2.24, 2.45) is 0 Å². The smallest absolute Gasteiger partial charge is 0.338 e. The number of carbonyl (C=O) groups excluding carboxylic acids is 2. The van der Waals surface area contributed by atoms with Crippen LogP contribution in [0.1, 0.15) is 42.8 Å². The molecule has 0 aliphatic rings. The van der Waals surface area contributed by atoms with E-state index in [0.717, 1.165) is 12.8 Å². The van der Waals surface area contributed by atoms with E-state index in [1.165, 1.54) is 0 Å². The average molecular weight is 376 g/mol. The van der Waals surface area contributed by atoms with Gasteiger partial charge in [0.2, 0.25) is 0 Å². The summed E-state index contributed by atoms with van der Waals surface area (Å²) in [6.45, 7) is 6.19. The Labute approximate surface area is 157 Å². The first-order chi connectivity index (χ1) is 13.0. The van der Waals surface area contributed by atoms with Gasteiger partial charge >= 0.3 is 5.97 Å². The molecule has 2 aromatic rings. The first-order valence-corrected chi connectivity index (χ1v) is 8.83. The number of aryl methyl sites for hydroxylation is 1. The van der Waals surface area contributed by atoms with E-state index in [0.29, 0.717) is 30.5 Å². The molecule has 0 saturated heterocycles. The topological polar surface area (TPSA) is 99.9 Å². The van der Waals surface area contributed by atoms with E-state index in [4.69, 9.17) is 18.7 Å². The van der Waals surface area contributed by atoms with Crippen LogP contribution in [-0.4, -0.2) is 36.9 Å². The van der Waals surface area contributed by atoms with E-state index in [1.807, 2.05) is 6.92 Å². The summed E-state index contributed by atoms with van der Waals surface area (Å²) in [5.74, 6) is 0.711. The lowest BCUT2D eigenvalue weighted by molar-refractivity contribution is -0.119. The molecule has 0 spiro atoms. The molecule has 1 N–H and O–H groups in total.